The van der Waals surface area contributed by atoms with E-state index in [0.717, 1.165) is 6.20 Å². The number of pyridine rings is 1. The van der Waals surface area contributed by atoms with Crippen LogP contribution in [0.5, 0.6) is 5.75 Å². The van der Waals surface area contributed by atoms with Crippen LogP contribution in [-0.2, 0) is 0 Å². The Kier molecular flexibility index (Phi) is 2.82. The molecule has 0 fully saturated rings. The molecule has 0 spiro atoms. The highest BCUT2D eigenvalue weighted by atomic mass is 16.5. The van der Waals surface area contributed by atoms with Crippen molar-refractivity contribution in [2.24, 2.45) is 0 Å². The normalized spacial score (nSPS) is 10.4. The number of H-pyrrole nitrogens is 1. The highest BCUT2D eigenvalue weighted by Gasteiger charge is 2.08. The number of fused-ring (bicyclic) bond motifs is 1. The van der Waals surface area contributed by atoms with Gasteiger partial charge in [-0.05, 0) is 19.1 Å². The summed E-state index contributed by atoms with van der Waals surface area (Å²) >= 11 is 0. The van der Waals surface area contributed by atoms with Gasteiger partial charge in [-0.1, -0.05) is 6.07 Å². The summed E-state index contributed by atoms with van der Waals surface area (Å²) in [6, 6.07) is 4.89. The fourth-order valence-corrected chi connectivity index (χ4v) is 1.65. The number of carbonyl (C=O) groups is 1. The summed E-state index contributed by atoms with van der Waals surface area (Å²) in [7, 11) is 0. The number of carbonyl (C=O) groups excluding carboxylic acids is 1. The van der Waals surface area contributed by atoms with E-state index in [4.69, 9.17) is 4.74 Å². The first-order valence-electron chi connectivity index (χ1n) is 5.13. The van der Waals surface area contributed by atoms with E-state index in [9.17, 15) is 14.7 Å². The Morgan fingerprint density at radius 1 is 1.47 bits per heavy atom. The van der Waals surface area contributed by atoms with Crippen LogP contribution in [0, 0.1) is 0 Å². The lowest BCUT2D eigenvalue weighted by Crippen LogP contribution is -2.29. The maximum Gasteiger partial charge on any atom is 0.198 e. The van der Waals surface area contributed by atoms with Crippen molar-refractivity contribution in [1.82, 2.24) is 4.98 Å². The number of aromatic carboxylic acids is 1. The van der Waals surface area contributed by atoms with E-state index in [1.165, 1.54) is 0 Å². The monoisotopic (exact) mass is 232 g/mol. The van der Waals surface area contributed by atoms with E-state index in [1.54, 1.807) is 18.2 Å². The molecule has 0 aliphatic carbocycles. The first-order chi connectivity index (χ1) is 8.15. The molecule has 0 saturated heterocycles. The molecule has 1 aromatic carbocycles. The van der Waals surface area contributed by atoms with Crippen molar-refractivity contribution in [3.05, 3.63) is 40.2 Å². The van der Waals surface area contributed by atoms with Crippen LogP contribution in [-0.4, -0.2) is 17.6 Å². The summed E-state index contributed by atoms with van der Waals surface area (Å²) in [5.74, 6) is -0.970. The van der Waals surface area contributed by atoms with Crippen LogP contribution < -0.4 is 15.3 Å². The summed E-state index contributed by atoms with van der Waals surface area (Å²) in [4.78, 5) is 25.3. The second-order valence-electron chi connectivity index (χ2n) is 3.43. The van der Waals surface area contributed by atoms with Crippen LogP contribution in [0.25, 0.3) is 10.9 Å². The molecule has 5 heteroatoms. The Hall–Kier alpha value is -2.30. The third kappa shape index (κ3) is 1.87. The summed E-state index contributed by atoms with van der Waals surface area (Å²) in [6.07, 6.45) is 1.13. The molecule has 2 aromatic rings. The molecule has 88 valence electrons. The fourth-order valence-electron chi connectivity index (χ4n) is 1.65. The number of para-hydroxylation sites is 1. The first-order valence-corrected chi connectivity index (χ1v) is 5.13. The summed E-state index contributed by atoms with van der Waals surface area (Å²) in [5.41, 5.74) is -0.462. The van der Waals surface area contributed by atoms with Crippen molar-refractivity contribution in [3.63, 3.8) is 0 Å². The van der Waals surface area contributed by atoms with Gasteiger partial charge in [0.1, 0.15) is 5.75 Å². The Labute approximate surface area is 96.7 Å². The van der Waals surface area contributed by atoms with E-state index in [0.29, 0.717) is 17.9 Å². The maximum atomic E-state index is 11.8. The zero-order chi connectivity index (χ0) is 12.4. The molecule has 0 amide bonds. The van der Waals surface area contributed by atoms with Crippen LogP contribution in [0.3, 0.4) is 0 Å². The Morgan fingerprint density at radius 3 is 2.88 bits per heavy atom. The van der Waals surface area contributed by atoms with Crippen molar-refractivity contribution in [2.75, 3.05) is 6.61 Å². The molecule has 1 aromatic heterocycles. The lowest BCUT2D eigenvalue weighted by atomic mass is 10.1. The number of ether oxygens (including phenoxy) is 1. The van der Waals surface area contributed by atoms with E-state index < -0.39 is 11.4 Å². The van der Waals surface area contributed by atoms with E-state index >= 15 is 0 Å². The maximum absolute atomic E-state index is 11.8. The van der Waals surface area contributed by atoms with Crippen LogP contribution in [0.15, 0.2) is 29.2 Å². The minimum Gasteiger partial charge on any atom is -0.545 e. The lowest BCUT2D eigenvalue weighted by Gasteiger charge is -2.08. The van der Waals surface area contributed by atoms with Gasteiger partial charge in [0.15, 0.2) is 5.43 Å². The standard InChI is InChI=1S/C12H11NO4/c1-2-17-9-5-3-4-7-10(9)13-6-8(11(7)14)12(15)16/h3-6H,2H2,1H3,(H,13,14)(H,15,16)/p-1. The molecule has 17 heavy (non-hydrogen) atoms. The molecular formula is C12H10NO4-. The van der Waals surface area contributed by atoms with Crippen molar-refractivity contribution < 1.29 is 14.6 Å². The zero-order valence-electron chi connectivity index (χ0n) is 9.15. The minimum absolute atomic E-state index is 0.276. The van der Waals surface area contributed by atoms with Crippen LogP contribution in [0.2, 0.25) is 0 Å². The van der Waals surface area contributed by atoms with Crippen LogP contribution >= 0.6 is 0 Å². The van der Waals surface area contributed by atoms with Gasteiger partial charge in [-0.25, -0.2) is 0 Å². The Balaban J connectivity index is 2.76. The largest absolute Gasteiger partial charge is 0.545 e. The fraction of sp³-hybridized carbons (Fsp3) is 0.167. The summed E-state index contributed by atoms with van der Waals surface area (Å²) in [5, 5.41) is 11.0. The van der Waals surface area contributed by atoms with Gasteiger partial charge >= 0.3 is 0 Å². The predicted molar refractivity (Wildman–Crippen MR) is 60.1 cm³/mol. The van der Waals surface area contributed by atoms with Gasteiger partial charge in [-0.2, -0.15) is 0 Å². The molecule has 0 saturated carbocycles. The van der Waals surface area contributed by atoms with Gasteiger partial charge in [0.2, 0.25) is 0 Å². The summed E-state index contributed by atoms with van der Waals surface area (Å²) in [6.45, 7) is 2.29. The number of rotatable bonds is 3. The quantitative estimate of drug-likeness (QED) is 0.824. The van der Waals surface area contributed by atoms with Crippen molar-refractivity contribution >= 4 is 16.9 Å². The predicted octanol–water partition coefficient (Wildman–Crippen LogP) is 0.290. The van der Waals surface area contributed by atoms with Gasteiger partial charge in [0.05, 0.1) is 23.7 Å². The molecule has 0 unspecified atom stereocenters. The molecule has 0 radical (unpaired) electrons. The number of carboxylic acids is 1. The van der Waals surface area contributed by atoms with E-state index in [-0.39, 0.29) is 10.9 Å². The molecule has 0 bridgehead atoms. The highest BCUT2D eigenvalue weighted by Crippen LogP contribution is 2.21. The van der Waals surface area contributed by atoms with Crippen molar-refractivity contribution in [1.29, 1.82) is 0 Å². The minimum atomic E-state index is -1.49. The average molecular weight is 232 g/mol. The number of carboxylic acid groups (broad SMARTS) is 1. The molecule has 5 nitrogen and oxygen atoms in total. The number of nitrogens with one attached hydrogen (secondary N) is 1. The number of benzene rings is 1. The van der Waals surface area contributed by atoms with Crippen molar-refractivity contribution in [2.45, 2.75) is 6.92 Å². The summed E-state index contributed by atoms with van der Waals surface area (Å²) < 4.78 is 5.34. The van der Waals surface area contributed by atoms with Gasteiger partial charge in [-0.3, -0.25) is 4.79 Å². The number of aromatic nitrogens is 1. The van der Waals surface area contributed by atoms with Gasteiger partial charge in [0.25, 0.3) is 0 Å². The SMILES string of the molecule is CCOc1cccc2c(=O)c(C(=O)[O-])c[nH]c12. The van der Waals surface area contributed by atoms with Crippen LogP contribution in [0.4, 0.5) is 0 Å². The topological polar surface area (TPSA) is 82.2 Å². The second kappa shape index (κ2) is 4.29. The molecule has 0 aliphatic rings. The average Bonchev–Trinajstić information content (AvgIpc) is 2.30. The van der Waals surface area contributed by atoms with Gasteiger partial charge < -0.3 is 19.6 Å². The smallest absolute Gasteiger partial charge is 0.198 e. The third-order valence-electron chi connectivity index (χ3n) is 2.40. The molecule has 2 rings (SSSR count). The number of aromatic amines is 1. The molecule has 1 N–H and O–H groups in total. The highest BCUT2D eigenvalue weighted by molar-refractivity contribution is 5.92. The first kappa shape index (κ1) is 11.2. The van der Waals surface area contributed by atoms with Crippen LogP contribution in [0.1, 0.15) is 17.3 Å². The Bertz CT molecular complexity index is 630. The van der Waals surface area contributed by atoms with Gasteiger partial charge in [-0.15, -0.1) is 0 Å². The zero-order valence-corrected chi connectivity index (χ0v) is 9.15. The lowest BCUT2D eigenvalue weighted by molar-refractivity contribution is -0.255. The third-order valence-corrected chi connectivity index (χ3v) is 2.40. The molecule has 0 aliphatic heterocycles. The van der Waals surface area contributed by atoms with E-state index in [2.05, 4.69) is 4.98 Å². The second-order valence-corrected chi connectivity index (χ2v) is 3.43. The molecular weight excluding hydrogens is 222 g/mol. The van der Waals surface area contributed by atoms with Gasteiger partial charge in [0, 0.05) is 11.6 Å². The number of hydrogen-bond donors (Lipinski definition) is 1. The molecule has 1 heterocycles. The number of hydrogen-bond acceptors (Lipinski definition) is 4. The Morgan fingerprint density at radius 2 is 2.24 bits per heavy atom. The molecule has 0 atom stereocenters. The van der Waals surface area contributed by atoms with E-state index in [1.807, 2.05) is 6.92 Å². The van der Waals surface area contributed by atoms with Crippen molar-refractivity contribution in [3.8, 4) is 5.75 Å².